The predicted octanol–water partition coefficient (Wildman–Crippen LogP) is 3.12. The van der Waals surface area contributed by atoms with E-state index in [1.54, 1.807) is 18.2 Å². The highest BCUT2D eigenvalue weighted by atomic mass is 19.1. The molecule has 1 heterocycles. The van der Waals surface area contributed by atoms with Crippen molar-refractivity contribution in [2.24, 2.45) is 0 Å². The average Bonchev–Trinajstić information content (AvgIpc) is 2.54. The molecule has 114 valence electrons. The van der Waals surface area contributed by atoms with Crippen LogP contribution in [0.25, 0.3) is 0 Å². The molecule has 0 saturated heterocycles. The Hall–Kier alpha value is -3.00. The second-order valence-corrected chi connectivity index (χ2v) is 5.51. The summed E-state index contributed by atoms with van der Waals surface area (Å²) in [4.78, 5) is 24.0. The van der Waals surface area contributed by atoms with E-state index in [0.717, 1.165) is 22.9 Å². The van der Waals surface area contributed by atoms with Crippen LogP contribution in [0, 0.1) is 24.1 Å². The number of anilines is 1. The van der Waals surface area contributed by atoms with Crippen molar-refractivity contribution in [3.63, 3.8) is 0 Å². The van der Waals surface area contributed by atoms with Crippen LogP contribution in [0.5, 0.6) is 0 Å². The fourth-order valence-electron chi connectivity index (χ4n) is 2.73. The molecular formula is C18H13FN2O2. The van der Waals surface area contributed by atoms with Crippen molar-refractivity contribution in [2.45, 2.75) is 19.8 Å². The number of nitrogens with one attached hydrogen (secondary N) is 1. The smallest absolute Gasteiger partial charge is 0.224 e. The van der Waals surface area contributed by atoms with Crippen molar-refractivity contribution < 1.29 is 14.0 Å². The molecule has 0 aromatic heterocycles. The molecule has 3 rings (SSSR count). The molecule has 0 unspecified atom stereocenters. The zero-order valence-corrected chi connectivity index (χ0v) is 12.4. The summed E-state index contributed by atoms with van der Waals surface area (Å²) >= 11 is 0. The van der Waals surface area contributed by atoms with Crippen molar-refractivity contribution in [3.05, 3.63) is 64.0 Å². The van der Waals surface area contributed by atoms with Crippen molar-refractivity contribution in [3.8, 4) is 6.07 Å². The molecule has 0 bridgehead atoms. The minimum Gasteiger partial charge on any atom is -0.326 e. The van der Waals surface area contributed by atoms with E-state index in [-0.39, 0.29) is 22.8 Å². The van der Waals surface area contributed by atoms with E-state index in [1.165, 1.54) is 12.1 Å². The molecule has 5 heteroatoms. The maximum atomic E-state index is 13.7. The van der Waals surface area contributed by atoms with E-state index in [2.05, 4.69) is 5.32 Å². The third kappa shape index (κ3) is 2.71. The van der Waals surface area contributed by atoms with Crippen LogP contribution in [0.2, 0.25) is 0 Å². The second kappa shape index (κ2) is 5.65. The lowest BCUT2D eigenvalue weighted by Crippen LogP contribution is -2.20. The van der Waals surface area contributed by atoms with E-state index in [0.29, 0.717) is 18.4 Å². The number of halogens is 1. The van der Waals surface area contributed by atoms with Gasteiger partial charge in [0.15, 0.2) is 5.78 Å². The third-order valence-electron chi connectivity index (χ3n) is 3.92. The molecule has 1 aliphatic rings. The highest BCUT2D eigenvalue weighted by Crippen LogP contribution is 2.28. The molecule has 0 radical (unpaired) electrons. The minimum absolute atomic E-state index is 0.0335. The summed E-state index contributed by atoms with van der Waals surface area (Å²) in [6.07, 6.45) is 0.959. The first-order valence-corrected chi connectivity index (χ1v) is 7.17. The highest BCUT2D eigenvalue weighted by Gasteiger charge is 2.20. The number of nitriles is 1. The number of benzene rings is 2. The van der Waals surface area contributed by atoms with Crippen LogP contribution in [0.1, 0.15) is 39.0 Å². The molecule has 4 nitrogen and oxygen atoms in total. The summed E-state index contributed by atoms with van der Waals surface area (Å²) in [6, 6.07) is 8.97. The Labute approximate surface area is 132 Å². The Bertz CT molecular complexity index is 881. The maximum absolute atomic E-state index is 13.7. The lowest BCUT2D eigenvalue weighted by molar-refractivity contribution is -0.116. The number of hydrogen-bond donors (Lipinski definition) is 1. The molecule has 0 saturated carbocycles. The van der Waals surface area contributed by atoms with Gasteiger partial charge in [0.25, 0.3) is 0 Å². The zero-order valence-electron chi connectivity index (χ0n) is 12.4. The molecule has 0 spiro atoms. The topological polar surface area (TPSA) is 70.0 Å². The molecule has 2 aromatic rings. The van der Waals surface area contributed by atoms with Gasteiger partial charge >= 0.3 is 0 Å². The zero-order chi connectivity index (χ0) is 16.6. The van der Waals surface area contributed by atoms with Gasteiger partial charge in [-0.25, -0.2) is 4.39 Å². The molecule has 1 N–H and O–H groups in total. The van der Waals surface area contributed by atoms with Gasteiger partial charge in [0.2, 0.25) is 5.91 Å². The molecule has 0 atom stereocenters. The minimum atomic E-state index is -0.708. The van der Waals surface area contributed by atoms with Gasteiger partial charge in [-0.2, -0.15) is 5.26 Å². The second-order valence-electron chi connectivity index (χ2n) is 5.51. The fraction of sp³-hybridized carbons (Fsp3) is 0.167. The number of amides is 1. The van der Waals surface area contributed by atoms with Gasteiger partial charge in [-0.1, -0.05) is 0 Å². The summed E-state index contributed by atoms with van der Waals surface area (Å²) in [5.41, 5.74) is 3.01. The van der Waals surface area contributed by atoms with Crippen LogP contribution in [-0.2, 0) is 11.2 Å². The summed E-state index contributed by atoms with van der Waals surface area (Å²) in [5.74, 6) is -1.05. The van der Waals surface area contributed by atoms with Gasteiger partial charge in [0, 0.05) is 23.2 Å². The number of fused-ring (bicyclic) bond motifs is 1. The van der Waals surface area contributed by atoms with E-state index >= 15 is 0 Å². The van der Waals surface area contributed by atoms with Crippen molar-refractivity contribution in [1.29, 1.82) is 5.26 Å². The Balaban J connectivity index is 2.01. The number of ketones is 1. The number of carbonyl (C=O) groups is 2. The first-order valence-electron chi connectivity index (χ1n) is 7.17. The van der Waals surface area contributed by atoms with E-state index < -0.39 is 5.82 Å². The van der Waals surface area contributed by atoms with Crippen LogP contribution in [0.3, 0.4) is 0 Å². The van der Waals surface area contributed by atoms with Gasteiger partial charge in [0.05, 0.1) is 5.56 Å². The summed E-state index contributed by atoms with van der Waals surface area (Å²) in [6.45, 7) is 1.82. The molecule has 1 aliphatic heterocycles. The number of hydrogen-bond acceptors (Lipinski definition) is 3. The van der Waals surface area contributed by atoms with Crippen LogP contribution >= 0.6 is 0 Å². The Morgan fingerprint density at radius 2 is 2.00 bits per heavy atom. The maximum Gasteiger partial charge on any atom is 0.224 e. The summed E-state index contributed by atoms with van der Waals surface area (Å²) < 4.78 is 13.7. The quantitative estimate of drug-likeness (QED) is 0.867. The van der Waals surface area contributed by atoms with Crippen LogP contribution in [0.15, 0.2) is 30.3 Å². The van der Waals surface area contributed by atoms with E-state index in [4.69, 9.17) is 5.26 Å². The van der Waals surface area contributed by atoms with Crippen molar-refractivity contribution in [1.82, 2.24) is 0 Å². The van der Waals surface area contributed by atoms with Gasteiger partial charge in [-0.3, -0.25) is 9.59 Å². The first-order chi connectivity index (χ1) is 11.0. The molecule has 0 fully saturated rings. The van der Waals surface area contributed by atoms with Gasteiger partial charge in [-0.15, -0.1) is 0 Å². The van der Waals surface area contributed by atoms with Crippen LogP contribution in [-0.4, -0.2) is 11.7 Å². The molecule has 2 aromatic carbocycles. The third-order valence-corrected chi connectivity index (χ3v) is 3.92. The van der Waals surface area contributed by atoms with Gasteiger partial charge < -0.3 is 5.32 Å². The van der Waals surface area contributed by atoms with Gasteiger partial charge in [0.1, 0.15) is 11.9 Å². The number of rotatable bonds is 2. The number of aryl methyl sites for hydroxylation is 2. The molecule has 1 amide bonds. The Morgan fingerprint density at radius 3 is 2.70 bits per heavy atom. The normalized spacial score (nSPS) is 13.0. The molecular weight excluding hydrogens is 295 g/mol. The van der Waals surface area contributed by atoms with Gasteiger partial charge in [-0.05, 0) is 54.8 Å². The monoisotopic (exact) mass is 308 g/mol. The highest BCUT2D eigenvalue weighted by molar-refractivity contribution is 6.10. The van der Waals surface area contributed by atoms with Crippen molar-refractivity contribution >= 4 is 17.4 Å². The molecule has 23 heavy (non-hydrogen) atoms. The number of carbonyl (C=O) groups excluding carboxylic acids is 2. The fourth-order valence-corrected chi connectivity index (χ4v) is 2.73. The average molecular weight is 308 g/mol. The van der Waals surface area contributed by atoms with E-state index in [9.17, 15) is 14.0 Å². The summed E-state index contributed by atoms with van der Waals surface area (Å²) in [7, 11) is 0. The van der Waals surface area contributed by atoms with Crippen LogP contribution in [0.4, 0.5) is 10.1 Å². The number of nitrogens with zero attached hydrogens (tertiary/aromatic N) is 1. The largest absolute Gasteiger partial charge is 0.326 e. The first kappa shape index (κ1) is 14.9. The standard InChI is InChI=1S/C18H13FN2O2/c1-10-6-14(7-11-4-5-16(22)21-17(10)11)18(23)12-2-3-13(9-20)15(19)8-12/h2-3,6-8H,4-5H2,1H3,(H,21,22). The summed E-state index contributed by atoms with van der Waals surface area (Å²) in [5, 5.41) is 11.6. The van der Waals surface area contributed by atoms with E-state index in [1.807, 2.05) is 6.92 Å². The Morgan fingerprint density at radius 1 is 1.22 bits per heavy atom. The lowest BCUT2D eigenvalue weighted by Gasteiger charge is -2.20. The Kier molecular flexibility index (Phi) is 3.67. The van der Waals surface area contributed by atoms with Crippen molar-refractivity contribution in [2.75, 3.05) is 5.32 Å². The predicted molar refractivity (Wildman–Crippen MR) is 82.7 cm³/mol. The SMILES string of the molecule is Cc1cc(C(=O)c2ccc(C#N)c(F)c2)cc2c1NC(=O)CC2. The molecule has 0 aliphatic carbocycles. The van der Waals surface area contributed by atoms with Crippen LogP contribution < -0.4 is 5.32 Å². The lowest BCUT2D eigenvalue weighted by atomic mass is 9.93.